The lowest BCUT2D eigenvalue weighted by atomic mass is 10.3. The molecule has 1 aromatic heterocycles. The van der Waals surface area contributed by atoms with Crippen molar-refractivity contribution in [1.82, 2.24) is 14.5 Å². The van der Waals surface area contributed by atoms with Gasteiger partial charge in [-0.3, -0.25) is 9.59 Å². The number of hydrogen-bond donors (Lipinski definition) is 2. The Morgan fingerprint density at radius 1 is 1.12 bits per heavy atom. The van der Waals surface area contributed by atoms with Crippen molar-refractivity contribution in [1.29, 1.82) is 0 Å². The predicted octanol–water partition coefficient (Wildman–Crippen LogP) is 2.18. The van der Waals surface area contributed by atoms with Gasteiger partial charge in [0.15, 0.2) is 6.61 Å². The molecule has 0 bridgehead atoms. The summed E-state index contributed by atoms with van der Waals surface area (Å²) in [6, 6.07) is 11.5. The number of aryl methyl sites for hydroxylation is 1. The maximum Gasteiger partial charge on any atom is 0.324 e. The summed E-state index contributed by atoms with van der Waals surface area (Å²) in [4.78, 5) is 24.5. The van der Waals surface area contributed by atoms with Crippen LogP contribution in [0.25, 0.3) is 5.69 Å². The lowest BCUT2D eigenvalue weighted by Crippen LogP contribution is -2.40. The zero-order chi connectivity index (χ0) is 24.9. The number of nitrogens with one attached hydrogen (secondary N) is 2. The number of methoxy groups -OCH3 is 1. The largest absolute Gasteiger partial charge is 0.497 e. The zero-order valence-electron chi connectivity index (χ0n) is 18.6. The highest BCUT2D eigenvalue weighted by Gasteiger charge is 2.24. The van der Waals surface area contributed by atoms with E-state index >= 15 is 0 Å². The van der Waals surface area contributed by atoms with Crippen LogP contribution in [-0.4, -0.2) is 49.8 Å². The van der Waals surface area contributed by atoms with E-state index < -0.39 is 40.4 Å². The lowest BCUT2D eigenvalue weighted by molar-refractivity contribution is -0.148. The molecule has 1 atom stereocenters. The number of benzene rings is 2. The maximum atomic E-state index is 13.2. The Kier molecular flexibility index (Phi) is 7.64. The molecule has 1 heterocycles. The summed E-state index contributed by atoms with van der Waals surface area (Å²) in [5, 5.41) is 6.82. The van der Waals surface area contributed by atoms with Crippen LogP contribution in [-0.2, 0) is 24.3 Å². The molecule has 0 spiro atoms. The van der Waals surface area contributed by atoms with Gasteiger partial charge in [0.25, 0.3) is 5.91 Å². The fourth-order valence-electron chi connectivity index (χ4n) is 2.91. The fourth-order valence-corrected chi connectivity index (χ4v) is 4.10. The number of carbonyl (C=O) groups excluding carboxylic acids is 2. The number of rotatable bonds is 9. The van der Waals surface area contributed by atoms with Crippen molar-refractivity contribution in [3.63, 3.8) is 0 Å². The molecule has 0 fully saturated rings. The second kappa shape index (κ2) is 10.4. The normalized spacial score (nSPS) is 12.1. The molecule has 0 aliphatic carbocycles. The monoisotopic (exact) mass is 490 g/mol. The Morgan fingerprint density at radius 3 is 2.38 bits per heavy atom. The average molecular weight is 491 g/mol. The second-order valence-electron chi connectivity index (χ2n) is 7.23. The number of hydrogen-bond acceptors (Lipinski definition) is 7. The third-order valence-corrected chi connectivity index (χ3v) is 6.13. The summed E-state index contributed by atoms with van der Waals surface area (Å²) < 4.78 is 51.6. The van der Waals surface area contributed by atoms with Crippen molar-refractivity contribution in [2.75, 3.05) is 19.0 Å². The molecule has 180 valence electrons. The summed E-state index contributed by atoms with van der Waals surface area (Å²) >= 11 is 0. The number of sulfonamides is 1. The highest BCUT2D eigenvalue weighted by molar-refractivity contribution is 7.89. The first-order valence-corrected chi connectivity index (χ1v) is 11.5. The van der Waals surface area contributed by atoms with Crippen molar-refractivity contribution in [3.05, 3.63) is 66.1 Å². The molecule has 3 rings (SSSR count). The van der Waals surface area contributed by atoms with E-state index in [2.05, 4.69) is 15.1 Å². The molecule has 2 N–H and O–H groups in total. The van der Waals surface area contributed by atoms with E-state index in [4.69, 9.17) is 9.47 Å². The molecule has 0 aliphatic rings. The summed E-state index contributed by atoms with van der Waals surface area (Å²) in [5.74, 6) is -1.24. The Labute approximate surface area is 195 Å². The first-order chi connectivity index (χ1) is 16.1. The smallest absolute Gasteiger partial charge is 0.324 e. The van der Waals surface area contributed by atoms with E-state index in [1.165, 1.54) is 67.2 Å². The molecule has 12 heteroatoms. The van der Waals surface area contributed by atoms with Crippen molar-refractivity contribution < 1.29 is 31.9 Å². The van der Waals surface area contributed by atoms with Crippen LogP contribution in [0.1, 0.15) is 12.6 Å². The summed E-state index contributed by atoms with van der Waals surface area (Å²) in [7, 11) is -2.55. The summed E-state index contributed by atoms with van der Waals surface area (Å²) in [6.45, 7) is 2.36. The highest BCUT2D eigenvalue weighted by Crippen LogP contribution is 2.18. The molecule has 1 amide bonds. The first kappa shape index (κ1) is 24.9. The van der Waals surface area contributed by atoms with Crippen LogP contribution in [0.4, 0.5) is 10.2 Å². The van der Waals surface area contributed by atoms with E-state index in [9.17, 15) is 22.4 Å². The number of carbonyl (C=O) groups is 2. The van der Waals surface area contributed by atoms with E-state index in [1.54, 1.807) is 13.0 Å². The number of aromatic nitrogens is 2. The Morgan fingerprint density at radius 2 is 1.76 bits per heavy atom. The van der Waals surface area contributed by atoms with Gasteiger partial charge < -0.3 is 14.8 Å². The quantitative estimate of drug-likeness (QED) is 0.440. The zero-order valence-corrected chi connectivity index (χ0v) is 19.4. The molecule has 3 aromatic rings. The van der Waals surface area contributed by atoms with Crippen LogP contribution in [0.15, 0.2) is 59.5 Å². The predicted molar refractivity (Wildman–Crippen MR) is 121 cm³/mol. The molecule has 0 saturated carbocycles. The van der Waals surface area contributed by atoms with Crippen LogP contribution in [0.2, 0.25) is 0 Å². The number of halogens is 1. The van der Waals surface area contributed by atoms with E-state index in [1.807, 2.05) is 0 Å². The minimum atomic E-state index is -4.00. The van der Waals surface area contributed by atoms with Crippen LogP contribution in [0.5, 0.6) is 5.75 Å². The van der Waals surface area contributed by atoms with Crippen LogP contribution in [0.3, 0.4) is 0 Å². The number of nitrogens with zero attached hydrogens (tertiary/aromatic N) is 2. The van der Waals surface area contributed by atoms with Gasteiger partial charge in [-0.2, -0.15) is 9.82 Å². The van der Waals surface area contributed by atoms with Crippen LogP contribution >= 0.6 is 0 Å². The standard InChI is InChI=1S/C22H23FN4O6S/c1-14-12-20(27(25-14)17-6-4-16(23)5-7-17)24-21(28)13-33-22(29)15(2)26-34(30,31)19-10-8-18(32-3)9-11-19/h4-12,15,26H,13H2,1-3H3,(H,24,28)/t15-/m0/s1. The van der Waals surface area contributed by atoms with E-state index in [0.29, 0.717) is 22.9 Å². The van der Waals surface area contributed by atoms with Gasteiger partial charge in [0.1, 0.15) is 23.4 Å². The molecule has 0 unspecified atom stereocenters. The van der Waals surface area contributed by atoms with Gasteiger partial charge in [0, 0.05) is 6.07 Å². The molecular formula is C22H23FN4O6S. The third-order valence-electron chi connectivity index (χ3n) is 4.57. The van der Waals surface area contributed by atoms with Crippen molar-refractivity contribution >= 4 is 27.7 Å². The third kappa shape index (κ3) is 6.17. The van der Waals surface area contributed by atoms with Crippen molar-refractivity contribution in [2.24, 2.45) is 0 Å². The maximum absolute atomic E-state index is 13.2. The molecule has 0 radical (unpaired) electrons. The topological polar surface area (TPSA) is 129 Å². The molecule has 34 heavy (non-hydrogen) atoms. The molecule has 0 aliphatic heterocycles. The summed E-state index contributed by atoms with van der Waals surface area (Å²) in [5.41, 5.74) is 1.11. The molecule has 0 saturated heterocycles. The van der Waals surface area contributed by atoms with Gasteiger partial charge in [0.2, 0.25) is 10.0 Å². The van der Waals surface area contributed by atoms with E-state index in [-0.39, 0.29) is 4.90 Å². The van der Waals surface area contributed by atoms with Crippen LogP contribution < -0.4 is 14.8 Å². The molecule has 2 aromatic carbocycles. The van der Waals surface area contributed by atoms with Gasteiger partial charge in [0.05, 0.1) is 23.4 Å². The Bertz CT molecular complexity index is 1270. The lowest BCUT2D eigenvalue weighted by Gasteiger charge is -2.14. The van der Waals surface area contributed by atoms with E-state index in [0.717, 1.165) is 0 Å². The number of anilines is 1. The first-order valence-electron chi connectivity index (χ1n) is 10.0. The van der Waals surface area contributed by atoms with Gasteiger partial charge in [-0.25, -0.2) is 17.5 Å². The van der Waals surface area contributed by atoms with Gasteiger partial charge in [-0.15, -0.1) is 0 Å². The fraction of sp³-hybridized carbons (Fsp3) is 0.227. The minimum absolute atomic E-state index is 0.0601. The molecule has 10 nitrogen and oxygen atoms in total. The highest BCUT2D eigenvalue weighted by atomic mass is 32.2. The SMILES string of the molecule is COc1ccc(S(=O)(=O)N[C@@H](C)C(=O)OCC(=O)Nc2cc(C)nn2-c2ccc(F)cc2)cc1. The summed E-state index contributed by atoms with van der Waals surface area (Å²) in [6.07, 6.45) is 0. The average Bonchev–Trinajstić information content (AvgIpc) is 3.17. The second-order valence-corrected chi connectivity index (χ2v) is 8.95. The number of ether oxygens (including phenoxy) is 2. The van der Waals surface area contributed by atoms with Crippen LogP contribution in [0, 0.1) is 12.7 Å². The van der Waals surface area contributed by atoms with Gasteiger partial charge >= 0.3 is 5.97 Å². The van der Waals surface area contributed by atoms with Crippen molar-refractivity contribution in [3.8, 4) is 11.4 Å². The minimum Gasteiger partial charge on any atom is -0.497 e. The molecular weight excluding hydrogens is 467 g/mol. The number of esters is 1. The van der Waals surface area contributed by atoms with Crippen molar-refractivity contribution in [2.45, 2.75) is 24.8 Å². The van der Waals surface area contributed by atoms with Gasteiger partial charge in [-0.1, -0.05) is 0 Å². The van der Waals surface area contributed by atoms with Gasteiger partial charge in [-0.05, 0) is 62.4 Å². The number of amides is 1. The Hall–Kier alpha value is -3.77. The Balaban J connectivity index is 1.57.